The molecule has 1 heterocycles. The van der Waals surface area contributed by atoms with Crippen LogP contribution in [0.2, 0.25) is 0 Å². The van der Waals surface area contributed by atoms with Gasteiger partial charge in [0, 0.05) is 22.4 Å². The van der Waals surface area contributed by atoms with Crippen molar-refractivity contribution < 1.29 is 4.79 Å². The highest BCUT2D eigenvalue weighted by atomic mass is 32.2. The van der Waals surface area contributed by atoms with Gasteiger partial charge in [-0.25, -0.2) is 9.97 Å². The number of benzene rings is 2. The Labute approximate surface area is 170 Å². The SMILES string of the molecule is Cc1ccc(C(=O)CSc2nc(-c3ccccc3)nc3c2CCCC3)cc1C. The van der Waals surface area contributed by atoms with Crippen molar-refractivity contribution in [2.24, 2.45) is 0 Å². The zero-order valence-corrected chi connectivity index (χ0v) is 17.2. The first-order valence-corrected chi connectivity index (χ1v) is 10.8. The molecule has 4 rings (SSSR count). The van der Waals surface area contributed by atoms with Crippen molar-refractivity contribution in [3.8, 4) is 11.4 Å². The Balaban J connectivity index is 1.61. The number of aromatic nitrogens is 2. The van der Waals surface area contributed by atoms with Crippen molar-refractivity contribution in [3.05, 3.63) is 76.5 Å². The van der Waals surface area contributed by atoms with E-state index < -0.39 is 0 Å². The van der Waals surface area contributed by atoms with Crippen LogP contribution >= 0.6 is 11.8 Å². The zero-order valence-electron chi connectivity index (χ0n) is 16.4. The Morgan fingerprint density at radius 3 is 2.54 bits per heavy atom. The van der Waals surface area contributed by atoms with E-state index in [2.05, 4.69) is 6.92 Å². The third-order valence-corrected chi connectivity index (χ3v) is 6.36. The van der Waals surface area contributed by atoms with Crippen molar-refractivity contribution >= 4 is 17.5 Å². The van der Waals surface area contributed by atoms with Crippen molar-refractivity contribution in [2.75, 3.05) is 5.75 Å². The van der Waals surface area contributed by atoms with Crippen LogP contribution in [0.3, 0.4) is 0 Å². The summed E-state index contributed by atoms with van der Waals surface area (Å²) >= 11 is 1.56. The minimum Gasteiger partial charge on any atom is -0.293 e. The van der Waals surface area contributed by atoms with Crippen LogP contribution in [0.15, 0.2) is 53.6 Å². The minimum atomic E-state index is 0.150. The third-order valence-electron chi connectivity index (χ3n) is 5.35. The molecule has 1 aromatic heterocycles. The van der Waals surface area contributed by atoms with Gasteiger partial charge in [-0.1, -0.05) is 54.2 Å². The van der Waals surface area contributed by atoms with E-state index in [1.807, 2.05) is 55.5 Å². The first-order chi connectivity index (χ1) is 13.6. The number of ketones is 1. The van der Waals surface area contributed by atoms with E-state index in [-0.39, 0.29) is 5.78 Å². The zero-order chi connectivity index (χ0) is 19.5. The van der Waals surface area contributed by atoms with E-state index >= 15 is 0 Å². The molecule has 28 heavy (non-hydrogen) atoms. The number of carbonyl (C=O) groups is 1. The van der Waals surface area contributed by atoms with E-state index in [9.17, 15) is 4.79 Å². The van der Waals surface area contributed by atoms with Gasteiger partial charge in [-0.2, -0.15) is 0 Å². The number of fused-ring (bicyclic) bond motifs is 1. The topological polar surface area (TPSA) is 42.9 Å². The summed E-state index contributed by atoms with van der Waals surface area (Å²) in [5.74, 6) is 1.32. The second kappa shape index (κ2) is 8.27. The maximum Gasteiger partial charge on any atom is 0.173 e. The molecule has 0 radical (unpaired) electrons. The normalized spacial score (nSPS) is 13.2. The van der Waals surface area contributed by atoms with Crippen molar-refractivity contribution in [3.63, 3.8) is 0 Å². The summed E-state index contributed by atoms with van der Waals surface area (Å²) in [5.41, 5.74) is 6.56. The van der Waals surface area contributed by atoms with Crippen LogP contribution in [0.4, 0.5) is 0 Å². The van der Waals surface area contributed by atoms with Crippen LogP contribution in [0.1, 0.15) is 45.6 Å². The van der Waals surface area contributed by atoms with E-state index in [4.69, 9.17) is 9.97 Å². The molecule has 0 spiro atoms. The van der Waals surface area contributed by atoms with Gasteiger partial charge < -0.3 is 0 Å². The quantitative estimate of drug-likeness (QED) is 0.323. The fourth-order valence-electron chi connectivity index (χ4n) is 3.53. The number of carbonyl (C=O) groups excluding carboxylic acids is 1. The lowest BCUT2D eigenvalue weighted by molar-refractivity contribution is 0.102. The average Bonchev–Trinajstić information content (AvgIpc) is 2.74. The van der Waals surface area contributed by atoms with E-state index in [1.54, 1.807) is 11.8 Å². The molecule has 1 aliphatic carbocycles. The molecule has 0 saturated carbocycles. The molecule has 0 saturated heterocycles. The molecular weight excluding hydrogens is 364 g/mol. The number of aryl methyl sites for hydroxylation is 3. The van der Waals surface area contributed by atoms with Gasteiger partial charge in [0.2, 0.25) is 0 Å². The molecule has 2 aromatic carbocycles. The van der Waals surface area contributed by atoms with Gasteiger partial charge in [-0.15, -0.1) is 0 Å². The Kier molecular flexibility index (Phi) is 5.58. The summed E-state index contributed by atoms with van der Waals surface area (Å²) in [6, 6.07) is 16.0. The third kappa shape index (κ3) is 4.02. The lowest BCUT2D eigenvalue weighted by Crippen LogP contribution is -2.11. The van der Waals surface area contributed by atoms with E-state index in [0.717, 1.165) is 46.1 Å². The highest BCUT2D eigenvalue weighted by Crippen LogP contribution is 2.31. The molecule has 0 amide bonds. The summed E-state index contributed by atoms with van der Waals surface area (Å²) in [6.07, 6.45) is 4.34. The van der Waals surface area contributed by atoms with Crippen molar-refractivity contribution in [1.29, 1.82) is 0 Å². The van der Waals surface area contributed by atoms with Gasteiger partial charge >= 0.3 is 0 Å². The molecule has 142 valence electrons. The van der Waals surface area contributed by atoms with Crippen LogP contribution in [0, 0.1) is 13.8 Å². The number of hydrogen-bond acceptors (Lipinski definition) is 4. The fraction of sp³-hybridized carbons (Fsp3) is 0.292. The Hall–Kier alpha value is -2.46. The lowest BCUT2D eigenvalue weighted by atomic mass is 9.97. The average molecular weight is 389 g/mol. The first-order valence-electron chi connectivity index (χ1n) is 9.80. The van der Waals surface area contributed by atoms with E-state index in [0.29, 0.717) is 5.75 Å². The predicted molar refractivity (Wildman–Crippen MR) is 115 cm³/mol. The van der Waals surface area contributed by atoms with Crippen LogP contribution in [0.5, 0.6) is 0 Å². The highest BCUT2D eigenvalue weighted by molar-refractivity contribution is 8.00. The van der Waals surface area contributed by atoms with Crippen molar-refractivity contribution in [2.45, 2.75) is 44.6 Å². The molecule has 4 heteroatoms. The Bertz CT molecular complexity index is 1010. The van der Waals surface area contributed by atoms with Gasteiger partial charge in [0.25, 0.3) is 0 Å². The molecule has 3 aromatic rings. The summed E-state index contributed by atoms with van der Waals surface area (Å²) in [5, 5.41) is 0.973. The van der Waals surface area contributed by atoms with E-state index in [1.165, 1.54) is 24.0 Å². The fourth-order valence-corrected chi connectivity index (χ4v) is 4.51. The highest BCUT2D eigenvalue weighted by Gasteiger charge is 2.20. The molecule has 0 aliphatic heterocycles. The number of Topliss-reactive ketones (excluding diaryl/α,β-unsaturated/α-hetero) is 1. The lowest BCUT2D eigenvalue weighted by Gasteiger charge is -2.19. The molecule has 0 bridgehead atoms. The summed E-state index contributed by atoms with van der Waals surface area (Å²) in [7, 11) is 0. The van der Waals surface area contributed by atoms with Crippen molar-refractivity contribution in [1.82, 2.24) is 9.97 Å². The number of rotatable bonds is 5. The first kappa shape index (κ1) is 18.9. The molecule has 3 nitrogen and oxygen atoms in total. The summed E-state index contributed by atoms with van der Waals surface area (Å²) in [6.45, 7) is 4.11. The molecule has 0 atom stereocenters. The molecule has 0 N–H and O–H groups in total. The standard InChI is InChI=1S/C24H24N2OS/c1-16-12-13-19(14-17(16)2)22(27)15-28-24-20-10-6-7-11-21(20)25-23(26-24)18-8-4-3-5-9-18/h3-5,8-9,12-14H,6-7,10-11,15H2,1-2H3. The van der Waals surface area contributed by atoms with Gasteiger partial charge in [0.1, 0.15) is 5.03 Å². The molecule has 0 fully saturated rings. The van der Waals surface area contributed by atoms with Gasteiger partial charge in [-0.3, -0.25) is 4.79 Å². The maximum atomic E-state index is 12.7. The second-order valence-corrected chi connectivity index (χ2v) is 8.33. The predicted octanol–water partition coefficient (Wildman–Crippen LogP) is 5.61. The smallest absolute Gasteiger partial charge is 0.173 e. The van der Waals surface area contributed by atoms with Gasteiger partial charge in [0.05, 0.1) is 5.75 Å². The largest absolute Gasteiger partial charge is 0.293 e. The number of nitrogens with zero attached hydrogens (tertiary/aromatic N) is 2. The van der Waals surface area contributed by atoms with Crippen LogP contribution in [-0.2, 0) is 12.8 Å². The summed E-state index contributed by atoms with van der Waals surface area (Å²) < 4.78 is 0. The maximum absolute atomic E-state index is 12.7. The molecule has 1 aliphatic rings. The minimum absolute atomic E-state index is 0.150. The Morgan fingerprint density at radius 1 is 0.964 bits per heavy atom. The second-order valence-electron chi connectivity index (χ2n) is 7.36. The Morgan fingerprint density at radius 2 is 1.75 bits per heavy atom. The van der Waals surface area contributed by atoms with Crippen LogP contribution in [0.25, 0.3) is 11.4 Å². The van der Waals surface area contributed by atoms with Crippen LogP contribution < -0.4 is 0 Å². The monoisotopic (exact) mass is 388 g/mol. The molecular formula is C24H24N2OS. The van der Waals surface area contributed by atoms with Gasteiger partial charge in [0.15, 0.2) is 11.6 Å². The summed E-state index contributed by atoms with van der Waals surface area (Å²) in [4.78, 5) is 22.4. The number of thioether (sulfide) groups is 1. The van der Waals surface area contributed by atoms with Crippen LogP contribution in [-0.4, -0.2) is 21.5 Å². The van der Waals surface area contributed by atoms with Gasteiger partial charge in [-0.05, 0) is 56.7 Å². The number of hydrogen-bond donors (Lipinski definition) is 0. The molecule has 0 unspecified atom stereocenters.